The minimum Gasteiger partial charge on any atom is -0.381 e. The van der Waals surface area contributed by atoms with Crippen molar-refractivity contribution in [2.24, 2.45) is 0 Å². The van der Waals surface area contributed by atoms with Gasteiger partial charge < -0.3 is 19.5 Å². The standard InChI is InChI=1S/C24H31N5O2/c1-15-12-18-14-21(24-25-17(3)28-31-24)23(27-22(18)13-16(15)2)29-8-4-19(5-9-29)26-20-6-10-30-11-7-20/h12-14,19-20,26H,4-11H2,1-3H3. The highest BCUT2D eigenvalue weighted by molar-refractivity contribution is 5.89. The van der Waals surface area contributed by atoms with Crippen molar-refractivity contribution >= 4 is 16.7 Å². The maximum Gasteiger partial charge on any atom is 0.261 e. The first kappa shape index (κ1) is 20.4. The second kappa shape index (κ2) is 8.55. The molecule has 0 bridgehead atoms. The molecule has 0 aliphatic carbocycles. The number of pyridine rings is 1. The summed E-state index contributed by atoms with van der Waals surface area (Å²) in [5, 5.41) is 8.98. The molecule has 31 heavy (non-hydrogen) atoms. The Morgan fingerprint density at radius 3 is 2.32 bits per heavy atom. The first-order valence-corrected chi connectivity index (χ1v) is 11.4. The number of aryl methyl sites for hydroxylation is 3. The molecule has 7 nitrogen and oxygen atoms in total. The molecule has 0 amide bonds. The van der Waals surface area contributed by atoms with E-state index in [-0.39, 0.29) is 0 Å². The Hall–Kier alpha value is -2.51. The Morgan fingerprint density at radius 2 is 1.61 bits per heavy atom. The number of nitrogens with one attached hydrogen (secondary N) is 1. The molecule has 0 atom stereocenters. The largest absolute Gasteiger partial charge is 0.381 e. The van der Waals surface area contributed by atoms with Gasteiger partial charge in [0.05, 0.1) is 11.1 Å². The average molecular weight is 422 g/mol. The average Bonchev–Trinajstić information content (AvgIpc) is 3.21. The van der Waals surface area contributed by atoms with E-state index in [4.69, 9.17) is 14.2 Å². The molecule has 2 aromatic heterocycles. The van der Waals surface area contributed by atoms with Crippen LogP contribution < -0.4 is 10.2 Å². The topological polar surface area (TPSA) is 76.3 Å². The van der Waals surface area contributed by atoms with Crippen molar-refractivity contribution in [3.8, 4) is 11.5 Å². The summed E-state index contributed by atoms with van der Waals surface area (Å²) in [7, 11) is 0. The van der Waals surface area contributed by atoms with E-state index in [0.717, 1.165) is 74.3 Å². The van der Waals surface area contributed by atoms with Crippen molar-refractivity contribution in [1.82, 2.24) is 20.4 Å². The van der Waals surface area contributed by atoms with Gasteiger partial charge >= 0.3 is 0 Å². The highest BCUT2D eigenvalue weighted by Crippen LogP contribution is 2.34. The van der Waals surface area contributed by atoms with Gasteiger partial charge in [-0.15, -0.1) is 0 Å². The van der Waals surface area contributed by atoms with E-state index in [9.17, 15) is 0 Å². The lowest BCUT2D eigenvalue weighted by atomic mass is 10.00. The fraction of sp³-hybridized carbons (Fsp3) is 0.542. The zero-order chi connectivity index (χ0) is 21.4. The van der Waals surface area contributed by atoms with Gasteiger partial charge in [-0.2, -0.15) is 4.98 Å². The zero-order valence-electron chi connectivity index (χ0n) is 18.6. The SMILES string of the molecule is Cc1noc(-c2cc3cc(C)c(C)cc3nc2N2CCC(NC3CCOCC3)CC2)n1. The van der Waals surface area contributed by atoms with Crippen LogP contribution in [0.25, 0.3) is 22.4 Å². The monoisotopic (exact) mass is 421 g/mol. The molecule has 4 heterocycles. The number of hydrogen-bond acceptors (Lipinski definition) is 7. The second-order valence-corrected chi connectivity index (χ2v) is 8.95. The fourth-order valence-electron chi connectivity index (χ4n) is 4.69. The summed E-state index contributed by atoms with van der Waals surface area (Å²) >= 11 is 0. The number of aromatic nitrogens is 3. The van der Waals surface area contributed by atoms with Crippen molar-refractivity contribution in [2.75, 3.05) is 31.2 Å². The highest BCUT2D eigenvalue weighted by Gasteiger charge is 2.26. The van der Waals surface area contributed by atoms with Crippen molar-refractivity contribution in [2.45, 2.75) is 58.5 Å². The third-order valence-electron chi connectivity index (χ3n) is 6.66. The minimum absolute atomic E-state index is 0.544. The van der Waals surface area contributed by atoms with E-state index in [0.29, 0.717) is 23.8 Å². The van der Waals surface area contributed by atoms with E-state index >= 15 is 0 Å². The van der Waals surface area contributed by atoms with Crippen LogP contribution >= 0.6 is 0 Å². The third kappa shape index (κ3) is 4.29. The van der Waals surface area contributed by atoms with Crippen LogP contribution in [-0.2, 0) is 4.74 Å². The van der Waals surface area contributed by atoms with Crippen LogP contribution in [0.15, 0.2) is 22.7 Å². The summed E-state index contributed by atoms with van der Waals surface area (Å²) in [5.41, 5.74) is 4.45. The smallest absolute Gasteiger partial charge is 0.261 e. The molecule has 0 spiro atoms. The number of rotatable bonds is 4. The van der Waals surface area contributed by atoms with Crippen LogP contribution in [0.4, 0.5) is 5.82 Å². The number of benzene rings is 1. The molecule has 7 heteroatoms. The molecular weight excluding hydrogens is 390 g/mol. The van der Waals surface area contributed by atoms with Gasteiger partial charge in [-0.3, -0.25) is 0 Å². The second-order valence-electron chi connectivity index (χ2n) is 8.95. The van der Waals surface area contributed by atoms with Gasteiger partial charge in [-0.05, 0) is 75.8 Å². The molecular formula is C24H31N5O2. The molecule has 5 rings (SSSR count). The maximum absolute atomic E-state index is 5.55. The van der Waals surface area contributed by atoms with E-state index in [1.54, 1.807) is 0 Å². The molecule has 1 aromatic carbocycles. The van der Waals surface area contributed by atoms with Crippen molar-refractivity contribution < 1.29 is 9.26 Å². The number of hydrogen-bond donors (Lipinski definition) is 1. The predicted molar refractivity (Wildman–Crippen MR) is 121 cm³/mol. The quantitative estimate of drug-likeness (QED) is 0.683. The molecule has 0 unspecified atom stereocenters. The van der Waals surface area contributed by atoms with E-state index in [2.05, 4.69) is 52.4 Å². The highest BCUT2D eigenvalue weighted by atomic mass is 16.5. The summed E-state index contributed by atoms with van der Waals surface area (Å²) in [6.07, 6.45) is 4.44. The molecule has 3 aromatic rings. The number of ether oxygens (including phenoxy) is 1. The number of fused-ring (bicyclic) bond motifs is 1. The first-order chi connectivity index (χ1) is 15.1. The summed E-state index contributed by atoms with van der Waals surface area (Å²) in [6, 6.07) is 7.67. The van der Waals surface area contributed by atoms with Crippen LogP contribution in [-0.4, -0.2) is 53.5 Å². The Labute approximate surface area is 183 Å². The fourth-order valence-corrected chi connectivity index (χ4v) is 4.69. The normalized spacial score (nSPS) is 18.7. The Morgan fingerprint density at radius 1 is 0.903 bits per heavy atom. The van der Waals surface area contributed by atoms with Gasteiger partial charge in [0.1, 0.15) is 5.82 Å². The van der Waals surface area contributed by atoms with Gasteiger partial charge in [0, 0.05) is 43.8 Å². The van der Waals surface area contributed by atoms with Crippen LogP contribution in [0, 0.1) is 20.8 Å². The Bertz CT molecular complexity index is 1070. The molecule has 164 valence electrons. The van der Waals surface area contributed by atoms with E-state index in [1.807, 2.05) is 6.92 Å². The lowest BCUT2D eigenvalue weighted by Crippen LogP contribution is -2.48. The third-order valence-corrected chi connectivity index (χ3v) is 6.66. The summed E-state index contributed by atoms with van der Waals surface area (Å²) in [4.78, 5) is 12.0. The Kier molecular flexibility index (Phi) is 5.63. The molecule has 2 saturated heterocycles. The summed E-state index contributed by atoms with van der Waals surface area (Å²) in [5.74, 6) is 2.13. The summed E-state index contributed by atoms with van der Waals surface area (Å²) < 4.78 is 11.0. The molecule has 0 radical (unpaired) electrons. The lowest BCUT2D eigenvalue weighted by molar-refractivity contribution is 0.0738. The first-order valence-electron chi connectivity index (χ1n) is 11.4. The van der Waals surface area contributed by atoms with Crippen LogP contribution in [0.1, 0.15) is 42.6 Å². The number of anilines is 1. The van der Waals surface area contributed by atoms with Crippen molar-refractivity contribution in [3.05, 3.63) is 35.2 Å². The van der Waals surface area contributed by atoms with Crippen molar-refractivity contribution in [3.63, 3.8) is 0 Å². The van der Waals surface area contributed by atoms with Crippen LogP contribution in [0.5, 0.6) is 0 Å². The minimum atomic E-state index is 0.544. The van der Waals surface area contributed by atoms with Gasteiger partial charge in [0.15, 0.2) is 5.82 Å². The van der Waals surface area contributed by atoms with Crippen LogP contribution in [0.3, 0.4) is 0 Å². The zero-order valence-corrected chi connectivity index (χ0v) is 18.6. The molecule has 1 N–H and O–H groups in total. The molecule has 2 aliphatic rings. The summed E-state index contributed by atoms with van der Waals surface area (Å²) in [6.45, 7) is 9.80. The predicted octanol–water partition coefficient (Wildman–Crippen LogP) is 3.95. The number of piperidine rings is 1. The van der Waals surface area contributed by atoms with Gasteiger partial charge in [0.25, 0.3) is 5.89 Å². The van der Waals surface area contributed by atoms with Gasteiger partial charge in [-0.1, -0.05) is 5.16 Å². The Balaban J connectivity index is 1.42. The lowest BCUT2D eigenvalue weighted by Gasteiger charge is -2.36. The molecule has 0 saturated carbocycles. The van der Waals surface area contributed by atoms with Gasteiger partial charge in [0.2, 0.25) is 0 Å². The maximum atomic E-state index is 5.55. The number of nitrogens with zero attached hydrogens (tertiary/aromatic N) is 4. The van der Waals surface area contributed by atoms with Crippen LogP contribution in [0.2, 0.25) is 0 Å². The van der Waals surface area contributed by atoms with Gasteiger partial charge in [-0.25, -0.2) is 4.98 Å². The molecule has 2 fully saturated rings. The van der Waals surface area contributed by atoms with E-state index in [1.165, 1.54) is 11.1 Å². The molecule has 2 aliphatic heterocycles. The van der Waals surface area contributed by atoms with E-state index < -0.39 is 0 Å². The van der Waals surface area contributed by atoms with Crippen molar-refractivity contribution in [1.29, 1.82) is 0 Å².